The summed E-state index contributed by atoms with van der Waals surface area (Å²) >= 11 is 1.56. The van der Waals surface area contributed by atoms with E-state index in [-0.39, 0.29) is 12.4 Å². The van der Waals surface area contributed by atoms with Crippen molar-refractivity contribution in [2.45, 2.75) is 13.8 Å². The molecular formula is C16H17ClN2O2S. The first-order valence-electron chi connectivity index (χ1n) is 6.60. The summed E-state index contributed by atoms with van der Waals surface area (Å²) < 4.78 is 10.9. The van der Waals surface area contributed by atoms with Crippen molar-refractivity contribution < 1.29 is 9.15 Å². The third kappa shape index (κ3) is 3.26. The maximum absolute atomic E-state index is 5.56. The molecule has 0 atom stereocenters. The van der Waals surface area contributed by atoms with Gasteiger partial charge in [0.2, 0.25) is 0 Å². The third-order valence-electron chi connectivity index (χ3n) is 3.17. The molecule has 0 aliphatic rings. The third-order valence-corrected chi connectivity index (χ3v) is 3.93. The Kier molecular flexibility index (Phi) is 5.11. The largest absolute Gasteiger partial charge is 0.495 e. The number of nitrogens with zero attached hydrogens (tertiary/aromatic N) is 1. The number of benzene rings is 1. The number of nitrogens with one attached hydrogen (secondary N) is 1. The number of hydrogen-bond acceptors (Lipinski definition) is 5. The summed E-state index contributed by atoms with van der Waals surface area (Å²) in [6.45, 7) is 3.89. The van der Waals surface area contributed by atoms with E-state index < -0.39 is 0 Å². The molecule has 0 aliphatic heterocycles. The Morgan fingerprint density at radius 1 is 1.23 bits per heavy atom. The van der Waals surface area contributed by atoms with Crippen molar-refractivity contribution in [1.29, 1.82) is 0 Å². The Balaban J connectivity index is 0.00000176. The van der Waals surface area contributed by atoms with E-state index in [1.807, 2.05) is 49.6 Å². The first kappa shape index (κ1) is 16.4. The van der Waals surface area contributed by atoms with Gasteiger partial charge in [0.15, 0.2) is 5.13 Å². The highest BCUT2D eigenvalue weighted by atomic mass is 35.5. The van der Waals surface area contributed by atoms with E-state index in [9.17, 15) is 0 Å². The van der Waals surface area contributed by atoms with Gasteiger partial charge in [0.05, 0.1) is 18.5 Å². The number of halogens is 1. The van der Waals surface area contributed by atoms with Crippen LogP contribution >= 0.6 is 23.7 Å². The van der Waals surface area contributed by atoms with Gasteiger partial charge in [-0.15, -0.1) is 23.7 Å². The second-order valence-corrected chi connectivity index (χ2v) is 5.55. The van der Waals surface area contributed by atoms with E-state index in [1.165, 1.54) is 0 Å². The van der Waals surface area contributed by atoms with E-state index in [0.29, 0.717) is 0 Å². The SMILES string of the molecule is COc1ccccc1Nc1nc(-c2cc(C)oc2C)cs1.Cl. The molecule has 4 nitrogen and oxygen atoms in total. The maximum Gasteiger partial charge on any atom is 0.187 e. The number of methoxy groups -OCH3 is 1. The fourth-order valence-electron chi connectivity index (χ4n) is 2.20. The Labute approximate surface area is 139 Å². The summed E-state index contributed by atoms with van der Waals surface area (Å²) in [5, 5.41) is 6.14. The van der Waals surface area contributed by atoms with Gasteiger partial charge in [-0.25, -0.2) is 4.98 Å². The van der Waals surface area contributed by atoms with Gasteiger partial charge in [0, 0.05) is 10.9 Å². The molecule has 0 fully saturated rings. The fraction of sp³-hybridized carbons (Fsp3) is 0.188. The van der Waals surface area contributed by atoms with Gasteiger partial charge in [-0.1, -0.05) is 12.1 Å². The molecule has 0 bridgehead atoms. The van der Waals surface area contributed by atoms with E-state index in [2.05, 4.69) is 10.3 Å². The molecule has 0 saturated heterocycles. The Hall–Kier alpha value is -1.98. The molecule has 1 aromatic carbocycles. The van der Waals surface area contributed by atoms with Crippen LogP contribution in [0, 0.1) is 13.8 Å². The smallest absolute Gasteiger partial charge is 0.187 e. The topological polar surface area (TPSA) is 47.3 Å². The van der Waals surface area contributed by atoms with Gasteiger partial charge in [0.25, 0.3) is 0 Å². The highest BCUT2D eigenvalue weighted by molar-refractivity contribution is 7.14. The molecule has 0 amide bonds. The van der Waals surface area contributed by atoms with Gasteiger partial charge in [-0.3, -0.25) is 0 Å². The normalized spacial score (nSPS) is 10.1. The Morgan fingerprint density at radius 3 is 2.68 bits per heavy atom. The minimum absolute atomic E-state index is 0. The summed E-state index contributed by atoms with van der Waals surface area (Å²) in [4.78, 5) is 4.62. The van der Waals surface area contributed by atoms with Crippen molar-refractivity contribution in [1.82, 2.24) is 4.98 Å². The summed E-state index contributed by atoms with van der Waals surface area (Å²) in [5.41, 5.74) is 2.87. The molecule has 1 N–H and O–H groups in total. The first-order valence-corrected chi connectivity index (χ1v) is 7.48. The number of aromatic nitrogens is 1. The standard InChI is InChI=1S/C16H16N2O2S.ClH/c1-10-8-12(11(2)20-10)14-9-21-16(18-14)17-13-6-4-5-7-15(13)19-3;/h4-9H,1-3H3,(H,17,18);1H. The number of rotatable bonds is 4. The lowest BCUT2D eigenvalue weighted by molar-refractivity contribution is 0.417. The van der Waals surface area contributed by atoms with Crippen molar-refractivity contribution in [2.75, 3.05) is 12.4 Å². The molecular weight excluding hydrogens is 320 g/mol. The van der Waals surface area contributed by atoms with Crippen LogP contribution in [0.15, 0.2) is 40.1 Å². The quantitative estimate of drug-likeness (QED) is 0.711. The van der Waals surface area contributed by atoms with E-state index in [0.717, 1.165) is 39.3 Å². The molecule has 6 heteroatoms. The lowest BCUT2D eigenvalue weighted by Gasteiger charge is -2.07. The maximum atomic E-state index is 5.56. The summed E-state index contributed by atoms with van der Waals surface area (Å²) in [6.07, 6.45) is 0. The van der Waals surface area contributed by atoms with Crippen molar-refractivity contribution in [3.05, 3.63) is 47.2 Å². The molecule has 0 spiro atoms. The van der Waals surface area contributed by atoms with Gasteiger partial charge >= 0.3 is 0 Å². The molecule has 2 aromatic heterocycles. The molecule has 3 rings (SSSR count). The summed E-state index contributed by atoms with van der Waals surface area (Å²) in [7, 11) is 1.66. The zero-order valence-electron chi connectivity index (χ0n) is 12.5. The molecule has 0 unspecified atom stereocenters. The summed E-state index contributed by atoms with van der Waals surface area (Å²) in [5.74, 6) is 2.58. The van der Waals surface area contributed by atoms with E-state index >= 15 is 0 Å². The monoisotopic (exact) mass is 336 g/mol. The zero-order chi connectivity index (χ0) is 14.8. The van der Waals surface area contributed by atoms with Crippen LogP contribution < -0.4 is 10.1 Å². The molecule has 3 aromatic rings. The van der Waals surface area contributed by atoms with Crippen molar-refractivity contribution in [3.8, 4) is 17.0 Å². The number of para-hydroxylation sites is 2. The number of ether oxygens (including phenoxy) is 1. The number of hydrogen-bond donors (Lipinski definition) is 1. The van der Waals surface area contributed by atoms with Crippen LogP contribution in [0.2, 0.25) is 0 Å². The van der Waals surface area contributed by atoms with Crippen LogP contribution in [-0.4, -0.2) is 12.1 Å². The highest BCUT2D eigenvalue weighted by Gasteiger charge is 2.12. The molecule has 22 heavy (non-hydrogen) atoms. The minimum Gasteiger partial charge on any atom is -0.495 e. The van der Waals surface area contributed by atoms with Crippen molar-refractivity contribution in [2.24, 2.45) is 0 Å². The van der Waals surface area contributed by atoms with Crippen LogP contribution in [0.25, 0.3) is 11.3 Å². The first-order chi connectivity index (χ1) is 10.2. The minimum atomic E-state index is 0. The number of anilines is 2. The van der Waals surface area contributed by atoms with Crippen LogP contribution in [0.4, 0.5) is 10.8 Å². The van der Waals surface area contributed by atoms with E-state index in [4.69, 9.17) is 9.15 Å². The van der Waals surface area contributed by atoms with Gasteiger partial charge in [0.1, 0.15) is 17.3 Å². The van der Waals surface area contributed by atoms with Crippen LogP contribution in [0.1, 0.15) is 11.5 Å². The zero-order valence-corrected chi connectivity index (χ0v) is 14.2. The lowest BCUT2D eigenvalue weighted by Crippen LogP contribution is -1.93. The van der Waals surface area contributed by atoms with Crippen molar-refractivity contribution in [3.63, 3.8) is 0 Å². The molecule has 0 radical (unpaired) electrons. The Morgan fingerprint density at radius 2 is 2.00 bits per heavy atom. The molecule has 0 aliphatic carbocycles. The second-order valence-electron chi connectivity index (χ2n) is 4.69. The molecule has 116 valence electrons. The summed E-state index contributed by atoms with van der Waals surface area (Å²) in [6, 6.07) is 9.79. The molecule has 2 heterocycles. The van der Waals surface area contributed by atoms with Crippen molar-refractivity contribution >= 4 is 34.6 Å². The van der Waals surface area contributed by atoms with Crippen LogP contribution in [0.3, 0.4) is 0 Å². The number of thiazole rings is 1. The average molecular weight is 337 g/mol. The molecule has 0 saturated carbocycles. The number of aryl methyl sites for hydroxylation is 2. The predicted octanol–water partition coefficient (Wildman–Crippen LogP) is 5.19. The predicted molar refractivity (Wildman–Crippen MR) is 92.8 cm³/mol. The second kappa shape index (κ2) is 6.85. The van der Waals surface area contributed by atoms with Gasteiger partial charge in [-0.05, 0) is 32.0 Å². The highest BCUT2D eigenvalue weighted by Crippen LogP contribution is 2.33. The Bertz CT molecular complexity index is 767. The van der Waals surface area contributed by atoms with E-state index in [1.54, 1.807) is 18.4 Å². The van der Waals surface area contributed by atoms with Gasteiger partial charge in [-0.2, -0.15) is 0 Å². The van der Waals surface area contributed by atoms with Crippen LogP contribution in [-0.2, 0) is 0 Å². The average Bonchev–Trinajstić information content (AvgIpc) is 3.06. The lowest BCUT2D eigenvalue weighted by atomic mass is 10.2. The number of furan rings is 1. The van der Waals surface area contributed by atoms with Crippen LogP contribution in [0.5, 0.6) is 5.75 Å². The van der Waals surface area contributed by atoms with Gasteiger partial charge < -0.3 is 14.5 Å². The fourth-order valence-corrected chi connectivity index (χ4v) is 2.93.